The molecule has 192 valence electrons. The number of ether oxygens (including phenoxy) is 2. The largest absolute Gasteiger partial charge is 0.496 e. The van der Waals surface area contributed by atoms with Gasteiger partial charge in [-0.2, -0.15) is 0 Å². The van der Waals surface area contributed by atoms with Gasteiger partial charge in [0, 0.05) is 23.2 Å². The van der Waals surface area contributed by atoms with Crippen LogP contribution in [0.4, 0.5) is 0 Å². The molecule has 1 amide bonds. The average Bonchev–Trinajstić information content (AvgIpc) is 2.96. The van der Waals surface area contributed by atoms with Gasteiger partial charge in [-0.15, -0.1) is 0 Å². The van der Waals surface area contributed by atoms with Crippen molar-refractivity contribution >= 4 is 16.9 Å². The van der Waals surface area contributed by atoms with E-state index in [2.05, 4.69) is 19.2 Å². The summed E-state index contributed by atoms with van der Waals surface area (Å²) in [5, 5.41) is 3.12. The number of fused-ring (bicyclic) bond motifs is 1. The molecule has 0 radical (unpaired) electrons. The molecule has 0 spiro atoms. The summed E-state index contributed by atoms with van der Waals surface area (Å²) in [6.45, 7) is 5.05. The molecule has 0 aliphatic carbocycles. The molecule has 1 N–H and O–H groups in total. The molecule has 6 nitrogen and oxygen atoms in total. The van der Waals surface area contributed by atoms with E-state index in [-0.39, 0.29) is 5.91 Å². The number of carbonyl (C=O) groups is 1. The number of para-hydroxylation sites is 2. The number of aromatic nitrogens is 2. The van der Waals surface area contributed by atoms with Crippen molar-refractivity contribution in [3.05, 3.63) is 72.3 Å². The molecule has 0 aliphatic heterocycles. The fourth-order valence-electron chi connectivity index (χ4n) is 4.53. The van der Waals surface area contributed by atoms with Crippen molar-refractivity contribution in [3.63, 3.8) is 0 Å². The number of hydrogen-bond donors (Lipinski definition) is 1. The molecule has 3 aromatic carbocycles. The molecule has 1 unspecified atom stereocenters. The Bertz CT molecular complexity index is 1370. The van der Waals surface area contributed by atoms with Gasteiger partial charge in [0.25, 0.3) is 5.91 Å². The van der Waals surface area contributed by atoms with Crippen LogP contribution in [0.15, 0.2) is 66.7 Å². The van der Waals surface area contributed by atoms with Gasteiger partial charge in [0.15, 0.2) is 0 Å². The van der Waals surface area contributed by atoms with Gasteiger partial charge in [0.2, 0.25) is 0 Å². The fraction of sp³-hybridized carbons (Fsp3) is 0.323. The summed E-state index contributed by atoms with van der Waals surface area (Å²) < 4.78 is 11.3. The molecule has 1 heterocycles. The van der Waals surface area contributed by atoms with Gasteiger partial charge in [-0.05, 0) is 54.8 Å². The zero-order chi connectivity index (χ0) is 26.2. The molecule has 37 heavy (non-hydrogen) atoms. The minimum atomic E-state index is -0.0914. The molecule has 0 saturated heterocycles. The van der Waals surface area contributed by atoms with E-state index in [1.165, 1.54) is 12.8 Å². The second kappa shape index (κ2) is 12.3. The van der Waals surface area contributed by atoms with E-state index in [0.29, 0.717) is 51.9 Å². The van der Waals surface area contributed by atoms with E-state index in [9.17, 15) is 4.79 Å². The lowest BCUT2D eigenvalue weighted by molar-refractivity contribution is 0.0946. The Labute approximate surface area is 219 Å². The Morgan fingerprint density at radius 2 is 1.43 bits per heavy atom. The highest BCUT2D eigenvalue weighted by atomic mass is 16.5. The van der Waals surface area contributed by atoms with Gasteiger partial charge in [-0.1, -0.05) is 57.4 Å². The first-order valence-corrected chi connectivity index (χ1v) is 13.0. The highest BCUT2D eigenvalue weighted by Gasteiger charge is 2.20. The van der Waals surface area contributed by atoms with Crippen LogP contribution in [-0.2, 0) is 0 Å². The quantitative estimate of drug-likeness (QED) is 0.243. The fourth-order valence-corrected chi connectivity index (χ4v) is 4.53. The minimum Gasteiger partial charge on any atom is -0.496 e. The summed E-state index contributed by atoms with van der Waals surface area (Å²) in [4.78, 5) is 23.0. The van der Waals surface area contributed by atoms with Crippen LogP contribution in [0.1, 0.15) is 49.9 Å². The summed E-state index contributed by atoms with van der Waals surface area (Å²) in [6.07, 6.45) is 4.53. The monoisotopic (exact) mass is 497 g/mol. The number of carbonyl (C=O) groups excluding carboxylic acids is 1. The minimum absolute atomic E-state index is 0.0914. The SMILES string of the molecule is CCCCC(CC)CNC(=O)c1ccc2nc(-c3ccccc3OC)c(-c3ccccc3OC)nc2c1. The van der Waals surface area contributed by atoms with E-state index in [0.717, 1.165) is 24.0 Å². The van der Waals surface area contributed by atoms with Crippen LogP contribution in [0.5, 0.6) is 11.5 Å². The third kappa shape index (κ3) is 5.91. The summed E-state index contributed by atoms with van der Waals surface area (Å²) in [7, 11) is 3.29. The predicted molar refractivity (Wildman–Crippen MR) is 149 cm³/mol. The lowest BCUT2D eigenvalue weighted by Crippen LogP contribution is -2.29. The van der Waals surface area contributed by atoms with E-state index >= 15 is 0 Å². The Balaban J connectivity index is 1.77. The van der Waals surface area contributed by atoms with Crippen LogP contribution < -0.4 is 14.8 Å². The first-order chi connectivity index (χ1) is 18.1. The zero-order valence-electron chi connectivity index (χ0n) is 22.1. The van der Waals surface area contributed by atoms with E-state index in [1.54, 1.807) is 14.2 Å². The van der Waals surface area contributed by atoms with Crippen LogP contribution in [0, 0.1) is 5.92 Å². The number of amides is 1. The third-order valence-corrected chi connectivity index (χ3v) is 6.75. The first kappa shape index (κ1) is 26.1. The topological polar surface area (TPSA) is 73.3 Å². The Morgan fingerprint density at radius 1 is 0.838 bits per heavy atom. The second-order valence-corrected chi connectivity index (χ2v) is 9.15. The van der Waals surface area contributed by atoms with Crippen molar-refractivity contribution in [3.8, 4) is 34.0 Å². The lowest BCUT2D eigenvalue weighted by Gasteiger charge is -2.16. The van der Waals surface area contributed by atoms with Gasteiger partial charge in [-0.25, -0.2) is 9.97 Å². The van der Waals surface area contributed by atoms with E-state index < -0.39 is 0 Å². The van der Waals surface area contributed by atoms with Crippen molar-refractivity contribution in [2.75, 3.05) is 20.8 Å². The van der Waals surface area contributed by atoms with Gasteiger partial charge in [0.05, 0.1) is 25.3 Å². The summed E-state index contributed by atoms with van der Waals surface area (Å²) in [6, 6.07) is 21.0. The number of hydrogen-bond acceptors (Lipinski definition) is 5. The molecular formula is C31H35N3O3. The highest BCUT2D eigenvalue weighted by molar-refractivity contribution is 5.98. The van der Waals surface area contributed by atoms with Crippen LogP contribution in [0.2, 0.25) is 0 Å². The van der Waals surface area contributed by atoms with E-state index in [4.69, 9.17) is 19.4 Å². The van der Waals surface area contributed by atoms with Crippen LogP contribution >= 0.6 is 0 Å². The Hall–Kier alpha value is -3.93. The molecular weight excluding hydrogens is 462 g/mol. The number of unbranched alkanes of at least 4 members (excludes halogenated alkanes) is 1. The molecule has 4 rings (SSSR count). The zero-order valence-corrected chi connectivity index (χ0v) is 22.1. The van der Waals surface area contributed by atoms with E-state index in [1.807, 2.05) is 66.7 Å². The molecule has 1 aromatic heterocycles. The third-order valence-electron chi connectivity index (χ3n) is 6.75. The summed E-state index contributed by atoms with van der Waals surface area (Å²) >= 11 is 0. The lowest BCUT2D eigenvalue weighted by atomic mass is 9.99. The molecule has 0 bridgehead atoms. The van der Waals surface area contributed by atoms with Gasteiger partial charge in [-0.3, -0.25) is 4.79 Å². The smallest absolute Gasteiger partial charge is 0.251 e. The Morgan fingerprint density at radius 3 is 2.00 bits per heavy atom. The number of methoxy groups -OCH3 is 2. The van der Waals surface area contributed by atoms with Crippen LogP contribution in [0.25, 0.3) is 33.5 Å². The summed E-state index contributed by atoms with van der Waals surface area (Å²) in [5.74, 6) is 1.80. The van der Waals surface area contributed by atoms with Gasteiger partial charge < -0.3 is 14.8 Å². The molecule has 0 saturated carbocycles. The van der Waals surface area contributed by atoms with Crippen molar-refractivity contribution < 1.29 is 14.3 Å². The number of nitrogens with zero attached hydrogens (tertiary/aromatic N) is 2. The Kier molecular flexibility index (Phi) is 8.72. The summed E-state index contributed by atoms with van der Waals surface area (Å²) in [5.41, 5.74) is 4.92. The molecule has 6 heteroatoms. The van der Waals surface area contributed by atoms with Crippen LogP contribution in [-0.4, -0.2) is 36.6 Å². The molecule has 4 aromatic rings. The normalized spacial score (nSPS) is 11.8. The molecule has 0 aliphatic rings. The van der Waals surface area contributed by atoms with Gasteiger partial charge >= 0.3 is 0 Å². The maximum atomic E-state index is 13.0. The molecule has 0 fully saturated rings. The maximum Gasteiger partial charge on any atom is 0.251 e. The highest BCUT2D eigenvalue weighted by Crippen LogP contribution is 2.39. The van der Waals surface area contributed by atoms with Gasteiger partial charge in [0.1, 0.15) is 22.9 Å². The van der Waals surface area contributed by atoms with Crippen LogP contribution in [0.3, 0.4) is 0 Å². The number of benzene rings is 3. The first-order valence-electron chi connectivity index (χ1n) is 13.0. The second-order valence-electron chi connectivity index (χ2n) is 9.15. The van der Waals surface area contributed by atoms with Crippen molar-refractivity contribution in [2.45, 2.75) is 39.5 Å². The standard InChI is InChI=1S/C31H35N3O3/c1-5-7-12-21(6-2)20-32-31(35)22-17-18-25-26(19-22)34-30(24-14-9-11-16-28(24)37-4)29(33-25)23-13-8-10-15-27(23)36-3/h8-11,13-19,21H,5-7,12,20H2,1-4H3,(H,32,35). The number of nitrogens with one attached hydrogen (secondary N) is 1. The van der Waals surface area contributed by atoms with Crippen molar-refractivity contribution in [1.82, 2.24) is 15.3 Å². The average molecular weight is 498 g/mol. The maximum absolute atomic E-state index is 13.0. The van der Waals surface area contributed by atoms with Crippen molar-refractivity contribution in [1.29, 1.82) is 0 Å². The molecule has 1 atom stereocenters. The predicted octanol–water partition coefficient (Wildman–Crippen LogP) is 6.93. The van der Waals surface area contributed by atoms with Crippen molar-refractivity contribution in [2.24, 2.45) is 5.92 Å². The number of rotatable bonds is 11.